The number of hydrogen-bond donors (Lipinski definition) is 2. The van der Waals surface area contributed by atoms with Crippen LogP contribution < -0.4 is 10.6 Å². The molecule has 1 aliphatic heterocycles. The predicted molar refractivity (Wildman–Crippen MR) is 122 cm³/mol. The Kier molecular flexibility index (Phi) is 13.1. The van der Waals surface area contributed by atoms with Crippen molar-refractivity contribution in [2.24, 2.45) is 22.2 Å². The molecule has 0 aromatic carbocycles. The highest BCUT2D eigenvalue weighted by atomic mass is 127. The zero-order valence-electron chi connectivity index (χ0n) is 17.9. The molecule has 3 unspecified atom stereocenters. The maximum atomic E-state index is 6.07. The molecule has 1 aliphatic rings. The summed E-state index contributed by atoms with van der Waals surface area (Å²) in [5, 5.41) is 6.92. The molecule has 1 rings (SSSR count). The van der Waals surface area contributed by atoms with E-state index >= 15 is 0 Å². The van der Waals surface area contributed by atoms with Gasteiger partial charge in [0.05, 0.1) is 12.2 Å². The second-order valence-electron chi connectivity index (χ2n) is 8.47. The minimum atomic E-state index is 0. The Hall–Kier alpha value is -0.0800. The van der Waals surface area contributed by atoms with E-state index in [0.29, 0.717) is 24.0 Å². The summed E-state index contributed by atoms with van der Waals surface area (Å²) >= 11 is 0. The fourth-order valence-corrected chi connectivity index (χ4v) is 3.61. The number of guanidine groups is 1. The van der Waals surface area contributed by atoms with Crippen molar-refractivity contribution in [1.29, 1.82) is 0 Å². The molecule has 1 heterocycles. The molecule has 0 aromatic heterocycles. The third kappa shape index (κ3) is 9.22. The summed E-state index contributed by atoms with van der Waals surface area (Å²) in [6.45, 7) is 16.7. The summed E-state index contributed by atoms with van der Waals surface area (Å²) in [5.74, 6) is 1.93. The molecule has 0 aromatic rings. The second kappa shape index (κ2) is 13.2. The fraction of sp³-hybridized carbons (Fsp3) is 0.950. The van der Waals surface area contributed by atoms with Gasteiger partial charge in [0.25, 0.3) is 0 Å². The standard InChI is InChI=1S/C20H41N3O2.HI/c1-8-24-17(15(2)3)11-12-22-19(21-7)23-14-16-10-9-13-25-18(16)20(4,5)6;/h15-18H,8-14H2,1-7H3,(H2,21,22,23);1H. The molecule has 0 aliphatic carbocycles. The van der Waals surface area contributed by atoms with Crippen LogP contribution in [0, 0.1) is 17.3 Å². The molecule has 0 radical (unpaired) electrons. The molecule has 5 nitrogen and oxygen atoms in total. The first-order valence-corrected chi connectivity index (χ1v) is 9.97. The molecular formula is C20H42IN3O2. The average molecular weight is 483 g/mol. The van der Waals surface area contributed by atoms with Gasteiger partial charge in [-0.3, -0.25) is 4.99 Å². The van der Waals surface area contributed by atoms with Crippen LogP contribution in [0.3, 0.4) is 0 Å². The van der Waals surface area contributed by atoms with Gasteiger partial charge in [-0.05, 0) is 37.5 Å². The van der Waals surface area contributed by atoms with E-state index in [1.165, 1.54) is 6.42 Å². The monoisotopic (exact) mass is 483 g/mol. The van der Waals surface area contributed by atoms with Gasteiger partial charge in [0.15, 0.2) is 5.96 Å². The quantitative estimate of drug-likeness (QED) is 0.311. The second-order valence-corrected chi connectivity index (χ2v) is 8.47. The van der Waals surface area contributed by atoms with Crippen LogP contribution in [0.25, 0.3) is 0 Å². The molecular weight excluding hydrogens is 441 g/mol. The van der Waals surface area contributed by atoms with Gasteiger partial charge >= 0.3 is 0 Å². The van der Waals surface area contributed by atoms with Crippen LogP contribution in [-0.4, -0.2) is 51.5 Å². The lowest BCUT2D eigenvalue weighted by Gasteiger charge is -2.40. The third-order valence-electron chi connectivity index (χ3n) is 4.90. The van der Waals surface area contributed by atoms with Crippen LogP contribution in [0.1, 0.15) is 60.8 Å². The van der Waals surface area contributed by atoms with Crippen LogP contribution in [-0.2, 0) is 9.47 Å². The van der Waals surface area contributed by atoms with E-state index in [2.05, 4.69) is 57.2 Å². The highest BCUT2D eigenvalue weighted by Crippen LogP contribution is 2.33. The molecule has 6 heteroatoms. The van der Waals surface area contributed by atoms with Crippen molar-refractivity contribution in [3.8, 4) is 0 Å². The number of nitrogens with zero attached hydrogens (tertiary/aromatic N) is 1. The van der Waals surface area contributed by atoms with Gasteiger partial charge in [-0.15, -0.1) is 24.0 Å². The molecule has 0 bridgehead atoms. The smallest absolute Gasteiger partial charge is 0.190 e. The zero-order valence-corrected chi connectivity index (χ0v) is 20.3. The minimum absolute atomic E-state index is 0. The van der Waals surface area contributed by atoms with Crippen molar-refractivity contribution < 1.29 is 9.47 Å². The van der Waals surface area contributed by atoms with Crippen molar-refractivity contribution in [2.45, 2.75) is 73.0 Å². The SMILES string of the molecule is CCOC(CCNC(=NC)NCC1CCCOC1C(C)(C)C)C(C)C.I. The Morgan fingerprint density at radius 3 is 2.50 bits per heavy atom. The van der Waals surface area contributed by atoms with E-state index in [0.717, 1.165) is 45.1 Å². The summed E-state index contributed by atoms with van der Waals surface area (Å²) in [6.07, 6.45) is 3.95. The number of nitrogens with one attached hydrogen (secondary N) is 2. The van der Waals surface area contributed by atoms with Gasteiger partial charge in [0.2, 0.25) is 0 Å². The highest BCUT2D eigenvalue weighted by molar-refractivity contribution is 14.0. The Bertz CT molecular complexity index is 397. The van der Waals surface area contributed by atoms with Gasteiger partial charge in [-0.2, -0.15) is 0 Å². The first-order chi connectivity index (χ1) is 11.8. The van der Waals surface area contributed by atoms with Gasteiger partial charge in [-0.1, -0.05) is 34.6 Å². The lowest BCUT2D eigenvalue weighted by molar-refractivity contribution is -0.0835. The summed E-state index contributed by atoms with van der Waals surface area (Å²) in [4.78, 5) is 4.36. The maximum Gasteiger partial charge on any atom is 0.190 e. The molecule has 2 N–H and O–H groups in total. The maximum absolute atomic E-state index is 6.07. The number of rotatable bonds is 8. The molecule has 0 amide bonds. The minimum Gasteiger partial charge on any atom is -0.378 e. The fourth-order valence-electron chi connectivity index (χ4n) is 3.61. The molecule has 26 heavy (non-hydrogen) atoms. The largest absolute Gasteiger partial charge is 0.378 e. The Morgan fingerprint density at radius 1 is 1.27 bits per heavy atom. The van der Waals surface area contributed by atoms with Crippen LogP contribution in [0.2, 0.25) is 0 Å². The Balaban J connectivity index is 0.00000625. The zero-order chi connectivity index (χ0) is 18.9. The topological polar surface area (TPSA) is 54.9 Å². The predicted octanol–water partition coefficient (Wildman–Crippen LogP) is 4.06. The van der Waals surface area contributed by atoms with Crippen LogP contribution >= 0.6 is 24.0 Å². The number of ether oxygens (including phenoxy) is 2. The van der Waals surface area contributed by atoms with E-state index in [9.17, 15) is 0 Å². The van der Waals surface area contributed by atoms with E-state index in [4.69, 9.17) is 9.47 Å². The van der Waals surface area contributed by atoms with Crippen molar-refractivity contribution in [1.82, 2.24) is 10.6 Å². The first kappa shape index (κ1) is 25.9. The lowest BCUT2D eigenvalue weighted by atomic mass is 9.78. The van der Waals surface area contributed by atoms with Crippen LogP contribution in [0.5, 0.6) is 0 Å². The lowest BCUT2D eigenvalue weighted by Crippen LogP contribution is -2.47. The van der Waals surface area contributed by atoms with E-state index in [1.807, 2.05) is 7.05 Å². The van der Waals surface area contributed by atoms with Gasteiger partial charge in [0.1, 0.15) is 0 Å². The van der Waals surface area contributed by atoms with Crippen LogP contribution in [0.4, 0.5) is 0 Å². The average Bonchev–Trinajstić information content (AvgIpc) is 2.56. The van der Waals surface area contributed by atoms with Crippen molar-refractivity contribution in [3.05, 3.63) is 0 Å². The van der Waals surface area contributed by atoms with Gasteiger partial charge in [-0.25, -0.2) is 0 Å². The summed E-state index contributed by atoms with van der Waals surface area (Å²) < 4.78 is 11.9. The summed E-state index contributed by atoms with van der Waals surface area (Å²) in [5.41, 5.74) is 0.172. The summed E-state index contributed by atoms with van der Waals surface area (Å²) in [7, 11) is 1.83. The molecule has 3 atom stereocenters. The van der Waals surface area contributed by atoms with Crippen molar-refractivity contribution in [2.75, 3.05) is 33.4 Å². The van der Waals surface area contributed by atoms with Gasteiger partial charge in [0, 0.05) is 39.3 Å². The normalized spacial score (nSPS) is 22.7. The molecule has 0 spiro atoms. The van der Waals surface area contributed by atoms with E-state index in [1.54, 1.807) is 0 Å². The van der Waals surface area contributed by atoms with E-state index in [-0.39, 0.29) is 29.4 Å². The number of halogens is 1. The molecule has 1 saturated heterocycles. The van der Waals surface area contributed by atoms with Crippen molar-refractivity contribution in [3.63, 3.8) is 0 Å². The molecule has 156 valence electrons. The first-order valence-electron chi connectivity index (χ1n) is 9.97. The van der Waals surface area contributed by atoms with E-state index < -0.39 is 0 Å². The number of aliphatic imine (C=N–C) groups is 1. The number of hydrogen-bond acceptors (Lipinski definition) is 3. The Morgan fingerprint density at radius 2 is 1.96 bits per heavy atom. The van der Waals surface area contributed by atoms with Gasteiger partial charge < -0.3 is 20.1 Å². The van der Waals surface area contributed by atoms with Crippen molar-refractivity contribution >= 4 is 29.9 Å². The summed E-state index contributed by atoms with van der Waals surface area (Å²) in [6, 6.07) is 0. The van der Waals surface area contributed by atoms with Crippen LogP contribution in [0.15, 0.2) is 4.99 Å². The Labute approximate surface area is 178 Å². The highest BCUT2D eigenvalue weighted by Gasteiger charge is 2.35. The molecule has 0 saturated carbocycles. The molecule has 1 fully saturated rings. The third-order valence-corrected chi connectivity index (χ3v) is 4.90.